The number of carbonyl (C=O) groups is 2. The van der Waals surface area contributed by atoms with Gasteiger partial charge in [-0.2, -0.15) is 0 Å². The Kier molecular flexibility index (Phi) is 2.74. The van der Waals surface area contributed by atoms with Crippen molar-refractivity contribution in [2.75, 3.05) is 0 Å². The first-order valence-corrected chi connectivity index (χ1v) is 5.21. The van der Waals surface area contributed by atoms with Gasteiger partial charge in [0.2, 0.25) is 0 Å². The molecule has 7 nitrogen and oxygen atoms in total. The molecule has 1 atom stereocenters. The zero-order valence-corrected chi connectivity index (χ0v) is 9.45. The third kappa shape index (κ3) is 1.79. The van der Waals surface area contributed by atoms with E-state index in [0.717, 1.165) is 4.90 Å². The molecule has 0 unspecified atom stereocenters. The van der Waals surface area contributed by atoms with Crippen molar-refractivity contribution in [1.29, 1.82) is 0 Å². The van der Waals surface area contributed by atoms with Gasteiger partial charge in [-0.15, -0.1) is 0 Å². The molecule has 0 bridgehead atoms. The molecule has 1 heterocycles. The van der Waals surface area contributed by atoms with Crippen LogP contribution in [0.3, 0.4) is 0 Å². The third-order valence-electron chi connectivity index (χ3n) is 2.94. The van der Waals surface area contributed by atoms with E-state index in [1.54, 1.807) is 0 Å². The van der Waals surface area contributed by atoms with Crippen LogP contribution >= 0.6 is 0 Å². The zero-order chi connectivity index (χ0) is 13.4. The maximum absolute atomic E-state index is 11.9. The summed E-state index contributed by atoms with van der Waals surface area (Å²) in [4.78, 5) is 33.8. The maximum atomic E-state index is 11.9. The molecular weight excluding hydrogens is 240 g/mol. The normalized spacial score (nSPS) is 15.4. The van der Waals surface area contributed by atoms with Crippen molar-refractivity contribution in [3.8, 4) is 0 Å². The maximum Gasteiger partial charge on any atom is 0.270 e. The summed E-state index contributed by atoms with van der Waals surface area (Å²) in [6, 6.07) is 2.86. The van der Waals surface area contributed by atoms with Crippen LogP contribution in [0.25, 0.3) is 0 Å². The molecule has 2 rings (SSSR count). The number of fused-ring (bicyclic) bond motifs is 1. The summed E-state index contributed by atoms with van der Waals surface area (Å²) < 4.78 is 0. The molecule has 0 radical (unpaired) electrons. The molecule has 1 aromatic carbocycles. The molecule has 0 N–H and O–H groups in total. The molecule has 18 heavy (non-hydrogen) atoms. The minimum Gasteiger partial charge on any atom is -0.548 e. The number of nitrogens with zero attached hydrogens (tertiary/aromatic N) is 2. The van der Waals surface area contributed by atoms with Gasteiger partial charge in [-0.25, -0.2) is 0 Å². The van der Waals surface area contributed by atoms with Gasteiger partial charge in [0.05, 0.1) is 22.5 Å². The number of non-ortho nitro benzene ring substituents is 1. The monoisotopic (exact) mass is 249 g/mol. The number of carboxylic acids is 1. The van der Waals surface area contributed by atoms with Crippen LogP contribution < -0.4 is 5.11 Å². The van der Waals surface area contributed by atoms with Crippen molar-refractivity contribution >= 4 is 17.6 Å². The molecule has 0 aromatic heterocycles. The van der Waals surface area contributed by atoms with Crippen LogP contribution in [0.1, 0.15) is 22.8 Å². The summed E-state index contributed by atoms with van der Waals surface area (Å²) >= 11 is 0. The number of nitro benzene ring substituents is 1. The summed E-state index contributed by atoms with van der Waals surface area (Å²) in [5, 5.41) is 21.4. The Morgan fingerprint density at radius 3 is 2.72 bits per heavy atom. The molecule has 1 amide bonds. The number of hydrogen-bond donors (Lipinski definition) is 0. The second-order valence-corrected chi connectivity index (χ2v) is 4.03. The predicted molar refractivity (Wildman–Crippen MR) is 57.4 cm³/mol. The Bertz CT molecular complexity index is 554. The lowest BCUT2D eigenvalue weighted by Crippen LogP contribution is -2.46. The molecule has 0 saturated heterocycles. The van der Waals surface area contributed by atoms with Crippen molar-refractivity contribution in [2.45, 2.75) is 19.5 Å². The van der Waals surface area contributed by atoms with Crippen LogP contribution in [0.5, 0.6) is 0 Å². The number of aliphatic carboxylic acids is 1. The van der Waals surface area contributed by atoms with Gasteiger partial charge in [-0.05, 0) is 18.6 Å². The second-order valence-electron chi connectivity index (χ2n) is 4.03. The number of benzene rings is 1. The molecule has 7 heteroatoms. The summed E-state index contributed by atoms with van der Waals surface area (Å²) in [7, 11) is 0. The van der Waals surface area contributed by atoms with Crippen molar-refractivity contribution in [1.82, 2.24) is 4.90 Å². The van der Waals surface area contributed by atoms with Crippen LogP contribution in [0, 0.1) is 10.1 Å². The largest absolute Gasteiger partial charge is 0.548 e. The van der Waals surface area contributed by atoms with Gasteiger partial charge in [-0.3, -0.25) is 14.9 Å². The number of amides is 1. The fourth-order valence-electron chi connectivity index (χ4n) is 1.87. The SMILES string of the molecule is C[C@@H](C(=O)[O-])N1Cc2ccc([N+](=O)[O-])cc2C1=O. The lowest BCUT2D eigenvalue weighted by Gasteiger charge is -2.24. The molecule has 0 fully saturated rings. The van der Waals surface area contributed by atoms with Gasteiger partial charge in [-0.1, -0.05) is 0 Å². The predicted octanol–water partition coefficient (Wildman–Crippen LogP) is -0.311. The minimum atomic E-state index is -1.36. The summed E-state index contributed by atoms with van der Waals surface area (Å²) in [6.07, 6.45) is 0. The first kappa shape index (κ1) is 12.0. The standard InChI is InChI=1S/C11H10N2O5/c1-6(11(15)16)12-5-7-2-3-8(13(17)18)4-9(7)10(12)14/h2-4,6H,5H2,1H3,(H,15,16)/p-1/t6-/m0/s1. The molecular formula is C11H9N2O5-. The Balaban J connectivity index is 2.37. The molecule has 1 aliphatic rings. The van der Waals surface area contributed by atoms with Gasteiger partial charge >= 0.3 is 0 Å². The average Bonchev–Trinajstić information content (AvgIpc) is 2.65. The minimum absolute atomic E-state index is 0.126. The number of rotatable bonds is 3. The van der Waals surface area contributed by atoms with Crippen LogP contribution in [-0.2, 0) is 11.3 Å². The molecule has 94 valence electrons. The molecule has 0 saturated carbocycles. The molecule has 1 aliphatic heterocycles. The lowest BCUT2D eigenvalue weighted by atomic mass is 10.1. The van der Waals surface area contributed by atoms with Crippen molar-refractivity contribution in [3.63, 3.8) is 0 Å². The second kappa shape index (κ2) is 4.10. The van der Waals surface area contributed by atoms with Crippen LogP contribution in [-0.4, -0.2) is 27.7 Å². The van der Waals surface area contributed by atoms with E-state index in [-0.39, 0.29) is 17.8 Å². The molecule has 0 aliphatic carbocycles. The number of carbonyl (C=O) groups excluding carboxylic acids is 2. The Morgan fingerprint density at radius 2 is 2.17 bits per heavy atom. The van der Waals surface area contributed by atoms with Gasteiger partial charge in [0.25, 0.3) is 11.6 Å². The summed E-state index contributed by atoms with van der Waals surface area (Å²) in [6.45, 7) is 1.47. The van der Waals surface area contributed by atoms with Crippen LogP contribution in [0.4, 0.5) is 5.69 Å². The quantitative estimate of drug-likeness (QED) is 0.539. The molecule has 1 aromatic rings. The summed E-state index contributed by atoms with van der Waals surface area (Å²) in [5.74, 6) is -1.88. The van der Waals surface area contributed by atoms with Crippen molar-refractivity contribution in [2.24, 2.45) is 0 Å². The number of nitro groups is 1. The first-order chi connectivity index (χ1) is 8.41. The van der Waals surface area contributed by atoms with Crippen molar-refractivity contribution < 1.29 is 19.6 Å². The van der Waals surface area contributed by atoms with E-state index in [9.17, 15) is 24.8 Å². The fourth-order valence-corrected chi connectivity index (χ4v) is 1.87. The highest BCUT2D eigenvalue weighted by atomic mass is 16.6. The first-order valence-electron chi connectivity index (χ1n) is 5.21. The van der Waals surface area contributed by atoms with Crippen LogP contribution in [0.2, 0.25) is 0 Å². The highest BCUT2D eigenvalue weighted by Gasteiger charge is 2.32. The highest BCUT2D eigenvalue weighted by Crippen LogP contribution is 2.27. The van der Waals surface area contributed by atoms with E-state index in [2.05, 4.69) is 0 Å². The van der Waals surface area contributed by atoms with E-state index >= 15 is 0 Å². The zero-order valence-electron chi connectivity index (χ0n) is 9.45. The highest BCUT2D eigenvalue weighted by molar-refractivity contribution is 6.00. The van der Waals surface area contributed by atoms with E-state index in [4.69, 9.17) is 0 Å². The smallest absolute Gasteiger partial charge is 0.270 e. The van der Waals surface area contributed by atoms with Gasteiger partial charge < -0.3 is 14.8 Å². The van der Waals surface area contributed by atoms with Gasteiger partial charge in [0, 0.05) is 18.7 Å². The van der Waals surface area contributed by atoms with E-state index in [0.29, 0.717) is 5.56 Å². The molecule has 0 spiro atoms. The topological polar surface area (TPSA) is 104 Å². The summed E-state index contributed by atoms with van der Waals surface area (Å²) in [5.41, 5.74) is 0.570. The Morgan fingerprint density at radius 1 is 1.50 bits per heavy atom. The van der Waals surface area contributed by atoms with Crippen LogP contribution in [0.15, 0.2) is 18.2 Å². The fraction of sp³-hybridized carbons (Fsp3) is 0.273. The Labute approximate surface area is 102 Å². The third-order valence-corrected chi connectivity index (χ3v) is 2.94. The number of carboxylic acid groups (broad SMARTS) is 1. The average molecular weight is 249 g/mol. The van der Waals surface area contributed by atoms with E-state index in [1.165, 1.54) is 25.1 Å². The van der Waals surface area contributed by atoms with Gasteiger partial charge in [0.15, 0.2) is 0 Å². The number of hydrogen-bond acceptors (Lipinski definition) is 5. The van der Waals surface area contributed by atoms with E-state index < -0.39 is 22.8 Å². The van der Waals surface area contributed by atoms with Gasteiger partial charge in [0.1, 0.15) is 0 Å². The van der Waals surface area contributed by atoms with E-state index in [1.807, 2.05) is 0 Å². The lowest BCUT2D eigenvalue weighted by molar-refractivity contribution is -0.384. The Hall–Kier alpha value is -2.44. The van der Waals surface area contributed by atoms with Crippen molar-refractivity contribution in [3.05, 3.63) is 39.4 Å².